The molecular formula is C10H5BrFNO3. The number of aromatic nitrogens is 1. The van der Waals surface area contributed by atoms with Crippen molar-refractivity contribution in [2.45, 2.75) is 0 Å². The number of carboxylic acid groups (broad SMARTS) is 1. The number of carbonyl (C=O) groups is 1. The molecule has 0 aliphatic carbocycles. The van der Waals surface area contributed by atoms with E-state index in [1.165, 1.54) is 12.1 Å². The highest BCUT2D eigenvalue weighted by atomic mass is 79.9. The highest BCUT2D eigenvalue weighted by molar-refractivity contribution is 9.10. The van der Waals surface area contributed by atoms with Crippen LogP contribution in [0.25, 0.3) is 10.9 Å². The van der Waals surface area contributed by atoms with Crippen LogP contribution in [0, 0.1) is 5.82 Å². The van der Waals surface area contributed by atoms with Crippen LogP contribution < -0.4 is 0 Å². The van der Waals surface area contributed by atoms with Crippen LogP contribution in [-0.4, -0.2) is 21.2 Å². The molecule has 0 amide bonds. The van der Waals surface area contributed by atoms with Gasteiger partial charge in [0.1, 0.15) is 16.8 Å². The summed E-state index contributed by atoms with van der Waals surface area (Å²) in [5.41, 5.74) is -0.425. The average Bonchev–Trinajstić information content (AvgIpc) is 2.23. The molecule has 0 saturated heterocycles. The van der Waals surface area contributed by atoms with Crippen molar-refractivity contribution in [3.05, 3.63) is 34.2 Å². The van der Waals surface area contributed by atoms with Gasteiger partial charge in [-0.25, -0.2) is 9.18 Å². The maximum atomic E-state index is 13.5. The van der Waals surface area contributed by atoms with Crippen molar-refractivity contribution in [3.63, 3.8) is 0 Å². The largest absolute Gasteiger partial charge is 0.506 e. The van der Waals surface area contributed by atoms with E-state index in [1.807, 2.05) is 0 Å². The number of hydrogen-bond donors (Lipinski definition) is 2. The summed E-state index contributed by atoms with van der Waals surface area (Å²) < 4.78 is 13.7. The molecule has 1 heterocycles. The minimum atomic E-state index is -1.31. The summed E-state index contributed by atoms with van der Waals surface area (Å²) in [7, 11) is 0. The van der Waals surface area contributed by atoms with Crippen molar-refractivity contribution >= 4 is 32.8 Å². The summed E-state index contributed by atoms with van der Waals surface area (Å²) in [6, 6.07) is 2.78. The van der Waals surface area contributed by atoms with E-state index < -0.39 is 17.5 Å². The van der Waals surface area contributed by atoms with E-state index in [1.54, 1.807) is 0 Å². The molecule has 0 spiro atoms. The number of nitrogens with zero attached hydrogens (tertiary/aromatic N) is 1. The molecule has 1 aromatic carbocycles. The smallest absolute Gasteiger partial charge is 0.341 e. The Bertz CT molecular complexity index is 600. The quantitative estimate of drug-likeness (QED) is 0.845. The predicted octanol–water partition coefficient (Wildman–Crippen LogP) is 2.54. The van der Waals surface area contributed by atoms with Gasteiger partial charge in [0.2, 0.25) is 0 Å². The topological polar surface area (TPSA) is 70.4 Å². The summed E-state index contributed by atoms with van der Waals surface area (Å²) in [6.07, 6.45) is 0.926. The summed E-state index contributed by atoms with van der Waals surface area (Å²) in [4.78, 5) is 14.4. The zero-order valence-corrected chi connectivity index (χ0v) is 9.32. The fourth-order valence-corrected chi connectivity index (χ4v) is 1.67. The van der Waals surface area contributed by atoms with Crippen LogP contribution in [0.3, 0.4) is 0 Å². The molecule has 0 aliphatic rings. The third-order valence-electron chi connectivity index (χ3n) is 2.13. The van der Waals surface area contributed by atoms with E-state index in [2.05, 4.69) is 20.9 Å². The number of hydrogen-bond acceptors (Lipinski definition) is 3. The molecule has 1 aromatic heterocycles. The van der Waals surface area contributed by atoms with Gasteiger partial charge in [0.25, 0.3) is 0 Å². The first-order valence-electron chi connectivity index (χ1n) is 4.21. The number of benzene rings is 1. The number of rotatable bonds is 1. The van der Waals surface area contributed by atoms with Crippen LogP contribution in [0.2, 0.25) is 0 Å². The molecule has 4 nitrogen and oxygen atoms in total. The Morgan fingerprint density at radius 2 is 2.12 bits per heavy atom. The molecule has 6 heteroatoms. The zero-order chi connectivity index (χ0) is 11.9. The summed E-state index contributed by atoms with van der Waals surface area (Å²) >= 11 is 2.98. The lowest BCUT2D eigenvalue weighted by Gasteiger charge is -2.05. The first kappa shape index (κ1) is 10.8. The van der Waals surface area contributed by atoms with E-state index in [9.17, 15) is 14.3 Å². The second-order valence-corrected chi connectivity index (χ2v) is 3.94. The summed E-state index contributed by atoms with van der Waals surface area (Å²) in [5.74, 6) is -2.43. The van der Waals surface area contributed by atoms with E-state index in [-0.39, 0.29) is 20.9 Å². The van der Waals surface area contributed by atoms with Gasteiger partial charge in [0.05, 0.1) is 4.47 Å². The molecule has 0 radical (unpaired) electrons. The molecular weight excluding hydrogens is 281 g/mol. The second kappa shape index (κ2) is 3.71. The van der Waals surface area contributed by atoms with Crippen molar-refractivity contribution in [3.8, 4) is 5.75 Å². The number of halogens is 2. The van der Waals surface area contributed by atoms with Crippen LogP contribution >= 0.6 is 15.9 Å². The van der Waals surface area contributed by atoms with Gasteiger partial charge in [-0.05, 0) is 28.1 Å². The molecule has 82 valence electrons. The van der Waals surface area contributed by atoms with Crippen LogP contribution in [0.15, 0.2) is 22.8 Å². The van der Waals surface area contributed by atoms with Gasteiger partial charge < -0.3 is 10.2 Å². The Morgan fingerprint density at radius 1 is 1.44 bits per heavy atom. The number of fused-ring (bicyclic) bond motifs is 1. The number of carboxylic acids is 1. The molecule has 0 unspecified atom stereocenters. The average molecular weight is 286 g/mol. The first-order valence-corrected chi connectivity index (χ1v) is 5.00. The molecule has 0 saturated carbocycles. The Hall–Kier alpha value is -1.69. The van der Waals surface area contributed by atoms with E-state index in [0.717, 1.165) is 6.20 Å². The third-order valence-corrected chi connectivity index (χ3v) is 2.74. The lowest BCUT2D eigenvalue weighted by Crippen LogP contribution is -1.99. The third kappa shape index (κ3) is 1.51. The molecule has 2 N–H and O–H groups in total. The SMILES string of the molecule is O=C(O)c1cnc2c(F)c(Br)ccc2c1O. The number of aromatic carboxylic acids is 1. The van der Waals surface area contributed by atoms with Crippen LogP contribution in [-0.2, 0) is 0 Å². The number of pyridine rings is 1. The Kier molecular flexibility index (Phi) is 2.51. The lowest BCUT2D eigenvalue weighted by molar-refractivity contribution is 0.0693. The zero-order valence-electron chi connectivity index (χ0n) is 7.74. The summed E-state index contributed by atoms with van der Waals surface area (Å²) in [5, 5.41) is 18.4. The van der Waals surface area contributed by atoms with Gasteiger partial charge in [-0.3, -0.25) is 4.98 Å². The maximum Gasteiger partial charge on any atom is 0.341 e. The van der Waals surface area contributed by atoms with Gasteiger partial charge in [0, 0.05) is 11.6 Å². The van der Waals surface area contributed by atoms with Crippen molar-refractivity contribution in [1.29, 1.82) is 0 Å². The van der Waals surface area contributed by atoms with E-state index in [0.29, 0.717) is 0 Å². The Morgan fingerprint density at radius 3 is 2.75 bits per heavy atom. The van der Waals surface area contributed by atoms with Crippen LogP contribution in [0.5, 0.6) is 5.75 Å². The predicted molar refractivity (Wildman–Crippen MR) is 58.0 cm³/mol. The highest BCUT2D eigenvalue weighted by Gasteiger charge is 2.16. The summed E-state index contributed by atoms with van der Waals surface area (Å²) in [6.45, 7) is 0. The molecule has 2 rings (SSSR count). The lowest BCUT2D eigenvalue weighted by atomic mass is 10.1. The van der Waals surface area contributed by atoms with E-state index >= 15 is 0 Å². The second-order valence-electron chi connectivity index (χ2n) is 3.08. The van der Waals surface area contributed by atoms with Crippen LogP contribution in [0.4, 0.5) is 4.39 Å². The van der Waals surface area contributed by atoms with Gasteiger partial charge in [0.15, 0.2) is 5.82 Å². The molecule has 0 fully saturated rings. The van der Waals surface area contributed by atoms with Gasteiger partial charge >= 0.3 is 5.97 Å². The monoisotopic (exact) mass is 285 g/mol. The molecule has 2 aromatic rings. The minimum absolute atomic E-state index is 0.0700. The minimum Gasteiger partial charge on any atom is -0.506 e. The van der Waals surface area contributed by atoms with Gasteiger partial charge in [-0.2, -0.15) is 0 Å². The fourth-order valence-electron chi connectivity index (χ4n) is 1.35. The fraction of sp³-hybridized carbons (Fsp3) is 0. The normalized spacial score (nSPS) is 10.6. The molecule has 0 atom stereocenters. The van der Waals surface area contributed by atoms with Crippen molar-refractivity contribution < 1.29 is 19.4 Å². The number of aromatic hydroxyl groups is 1. The standard InChI is InChI=1S/C10H5BrFNO3/c11-6-2-1-4-8(7(6)12)13-3-5(9(4)14)10(15)16/h1-3H,(H,13,14)(H,15,16). The maximum absolute atomic E-state index is 13.5. The molecule has 0 bridgehead atoms. The van der Waals surface area contributed by atoms with Crippen molar-refractivity contribution in [2.75, 3.05) is 0 Å². The Labute approximate surface area is 97.5 Å². The van der Waals surface area contributed by atoms with Crippen molar-refractivity contribution in [2.24, 2.45) is 0 Å². The van der Waals surface area contributed by atoms with E-state index in [4.69, 9.17) is 5.11 Å². The van der Waals surface area contributed by atoms with Gasteiger partial charge in [-0.1, -0.05) is 0 Å². The van der Waals surface area contributed by atoms with Gasteiger partial charge in [-0.15, -0.1) is 0 Å². The molecule has 16 heavy (non-hydrogen) atoms. The highest BCUT2D eigenvalue weighted by Crippen LogP contribution is 2.31. The van der Waals surface area contributed by atoms with Crippen LogP contribution in [0.1, 0.15) is 10.4 Å². The molecule has 0 aliphatic heterocycles. The van der Waals surface area contributed by atoms with Crippen molar-refractivity contribution in [1.82, 2.24) is 4.98 Å². The Balaban J connectivity index is 2.87. The first-order chi connectivity index (χ1) is 7.52.